The van der Waals surface area contributed by atoms with Crippen molar-refractivity contribution >= 4 is 23.8 Å². The minimum absolute atomic E-state index is 0.0511. The molecule has 2 heterocycles. The fourth-order valence-electron chi connectivity index (χ4n) is 9.56. The van der Waals surface area contributed by atoms with E-state index in [-0.39, 0.29) is 24.9 Å². The molecule has 48 heavy (non-hydrogen) atoms. The monoisotopic (exact) mass is 677 g/mol. The van der Waals surface area contributed by atoms with Crippen molar-refractivity contribution in [3.8, 4) is 0 Å². The lowest BCUT2D eigenvalue weighted by atomic mass is 9.43. The zero-order valence-electron chi connectivity index (χ0n) is 30.8. The third-order valence-corrected chi connectivity index (χ3v) is 12.7. The van der Waals surface area contributed by atoms with Crippen molar-refractivity contribution in [3.05, 3.63) is 11.1 Å². The van der Waals surface area contributed by atoms with Crippen molar-refractivity contribution in [1.82, 2.24) is 5.32 Å². The second-order valence-corrected chi connectivity index (χ2v) is 16.7. The van der Waals surface area contributed by atoms with E-state index in [1.807, 2.05) is 34.6 Å². The van der Waals surface area contributed by atoms with Gasteiger partial charge in [0.15, 0.2) is 11.4 Å². The molecule has 270 valence electrons. The molecule has 0 aromatic heterocycles. The van der Waals surface area contributed by atoms with Gasteiger partial charge in [-0.3, -0.25) is 19.2 Å². The number of hydrogen-bond donors (Lipinski definition) is 2. The maximum absolute atomic E-state index is 13.9. The largest absolute Gasteiger partial charge is 0.459 e. The molecule has 11 atom stereocenters. The van der Waals surface area contributed by atoms with Crippen molar-refractivity contribution in [2.24, 2.45) is 28.1 Å². The second-order valence-electron chi connectivity index (χ2n) is 16.7. The fraction of sp³-hybridized carbons (Fsp3) is 0.833. The summed E-state index contributed by atoms with van der Waals surface area (Å²) in [7, 11) is 0. The average Bonchev–Trinajstić information content (AvgIpc) is 3.25. The molecule has 3 aliphatic carbocycles. The van der Waals surface area contributed by atoms with E-state index in [4.69, 9.17) is 28.4 Å². The van der Waals surface area contributed by atoms with Crippen molar-refractivity contribution in [3.63, 3.8) is 0 Å². The molecular weight excluding hydrogens is 622 g/mol. The second kappa shape index (κ2) is 11.5. The van der Waals surface area contributed by atoms with Crippen LogP contribution in [0.2, 0.25) is 0 Å². The lowest BCUT2D eigenvalue weighted by molar-refractivity contribution is -0.357. The molecule has 1 amide bonds. The highest BCUT2D eigenvalue weighted by Crippen LogP contribution is 2.68. The summed E-state index contributed by atoms with van der Waals surface area (Å²) in [6, 6.07) is -0.557. The topological polar surface area (TPSA) is 156 Å². The van der Waals surface area contributed by atoms with Gasteiger partial charge in [-0.1, -0.05) is 27.7 Å². The predicted octanol–water partition coefficient (Wildman–Crippen LogP) is 3.75. The molecule has 0 radical (unpaired) electrons. The molecule has 2 N–H and O–H groups in total. The van der Waals surface area contributed by atoms with Crippen molar-refractivity contribution in [2.45, 2.75) is 156 Å². The summed E-state index contributed by atoms with van der Waals surface area (Å²) in [5, 5.41) is 16.2. The Balaban J connectivity index is 1.77. The van der Waals surface area contributed by atoms with E-state index in [0.29, 0.717) is 17.6 Å². The first-order valence-electron chi connectivity index (χ1n) is 17.1. The van der Waals surface area contributed by atoms with Crippen molar-refractivity contribution < 1.29 is 52.7 Å². The number of amides is 1. The summed E-state index contributed by atoms with van der Waals surface area (Å²) in [6.07, 6.45) is -3.61. The lowest BCUT2D eigenvalue weighted by Gasteiger charge is -2.69. The quantitative estimate of drug-likeness (QED) is 0.240. The van der Waals surface area contributed by atoms with E-state index in [9.17, 15) is 24.3 Å². The maximum atomic E-state index is 13.9. The van der Waals surface area contributed by atoms with Gasteiger partial charge in [0.05, 0.1) is 24.0 Å². The third-order valence-electron chi connectivity index (χ3n) is 12.7. The van der Waals surface area contributed by atoms with Crippen LogP contribution >= 0.6 is 0 Å². The van der Waals surface area contributed by atoms with E-state index in [2.05, 4.69) is 19.2 Å². The Hall–Kier alpha value is -2.54. The Morgan fingerprint density at radius 1 is 1.00 bits per heavy atom. The molecule has 11 unspecified atom stereocenters. The number of esters is 3. The molecule has 12 heteroatoms. The Labute approximate surface area is 283 Å². The molecule has 2 aliphatic heterocycles. The number of hydrogen-bond acceptors (Lipinski definition) is 11. The van der Waals surface area contributed by atoms with Gasteiger partial charge in [-0.25, -0.2) is 0 Å². The zero-order chi connectivity index (χ0) is 36.2. The van der Waals surface area contributed by atoms with E-state index < -0.39 is 93.6 Å². The van der Waals surface area contributed by atoms with Crippen molar-refractivity contribution in [2.75, 3.05) is 6.61 Å². The van der Waals surface area contributed by atoms with Gasteiger partial charge in [0, 0.05) is 44.1 Å². The van der Waals surface area contributed by atoms with Crippen LogP contribution in [-0.4, -0.2) is 89.1 Å². The summed E-state index contributed by atoms with van der Waals surface area (Å²) in [6.45, 7) is 22.7. The van der Waals surface area contributed by atoms with E-state index in [0.717, 1.165) is 0 Å². The van der Waals surface area contributed by atoms with Crippen LogP contribution in [0, 0.1) is 28.1 Å². The molecule has 0 aromatic carbocycles. The van der Waals surface area contributed by atoms with Crippen LogP contribution in [-0.2, 0) is 47.6 Å². The van der Waals surface area contributed by atoms with E-state index in [1.165, 1.54) is 20.8 Å². The number of carbonyl (C=O) groups is 4. The molecule has 2 saturated heterocycles. The SMILES string of the molecule is CC(=O)NC(C)C(C)(C)C(=O)OC1CC2(O)C(OC(C)=O)C3C4(OC(C)=O)COC4CC(C)C3(C)C3OC(C)(C)OC3C(=C1C)C2(C)C. The van der Waals surface area contributed by atoms with Crippen LogP contribution in [0.25, 0.3) is 0 Å². The van der Waals surface area contributed by atoms with Crippen LogP contribution < -0.4 is 5.32 Å². The molecule has 0 aromatic rings. The van der Waals surface area contributed by atoms with Crippen molar-refractivity contribution in [1.29, 1.82) is 0 Å². The highest BCUT2D eigenvalue weighted by Gasteiger charge is 2.78. The van der Waals surface area contributed by atoms with Gasteiger partial charge in [-0.05, 0) is 65.0 Å². The van der Waals surface area contributed by atoms with Gasteiger partial charge in [0.1, 0.15) is 30.0 Å². The first-order chi connectivity index (χ1) is 21.9. The Morgan fingerprint density at radius 2 is 1.62 bits per heavy atom. The number of ether oxygens (including phenoxy) is 6. The molecule has 4 fully saturated rings. The fourth-order valence-corrected chi connectivity index (χ4v) is 9.56. The molecule has 5 rings (SSSR count). The van der Waals surface area contributed by atoms with Crippen LogP contribution in [0.4, 0.5) is 0 Å². The Bertz CT molecular complexity index is 1420. The molecule has 2 saturated carbocycles. The first kappa shape index (κ1) is 36.7. The van der Waals surface area contributed by atoms with Gasteiger partial charge >= 0.3 is 17.9 Å². The molecule has 0 spiro atoms. The van der Waals surface area contributed by atoms with E-state index in [1.54, 1.807) is 20.8 Å². The number of rotatable bonds is 6. The smallest absolute Gasteiger partial charge is 0.314 e. The van der Waals surface area contributed by atoms with Crippen LogP contribution in [0.15, 0.2) is 11.1 Å². The van der Waals surface area contributed by atoms with Gasteiger partial charge in [0.2, 0.25) is 5.91 Å². The minimum atomic E-state index is -1.86. The molecule has 5 aliphatic rings. The van der Waals surface area contributed by atoms with Gasteiger partial charge in [0.25, 0.3) is 0 Å². The number of carbonyl (C=O) groups excluding carboxylic acids is 4. The molecule has 12 nitrogen and oxygen atoms in total. The molecular formula is C36H55NO11. The van der Waals surface area contributed by atoms with Crippen LogP contribution in [0.3, 0.4) is 0 Å². The summed E-state index contributed by atoms with van der Waals surface area (Å²) in [5.41, 5.74) is -4.80. The van der Waals surface area contributed by atoms with Gasteiger partial charge in [-0.2, -0.15) is 0 Å². The van der Waals surface area contributed by atoms with E-state index >= 15 is 0 Å². The Kier molecular flexibility index (Phi) is 8.80. The Morgan fingerprint density at radius 3 is 2.15 bits per heavy atom. The van der Waals surface area contributed by atoms with Crippen LogP contribution in [0.5, 0.6) is 0 Å². The van der Waals surface area contributed by atoms with Gasteiger partial charge in [-0.15, -0.1) is 0 Å². The molecule has 2 bridgehead atoms. The number of aliphatic hydroxyl groups is 1. The average molecular weight is 678 g/mol. The lowest BCUT2D eigenvalue weighted by Crippen LogP contribution is -2.81. The predicted molar refractivity (Wildman–Crippen MR) is 172 cm³/mol. The summed E-state index contributed by atoms with van der Waals surface area (Å²) in [4.78, 5) is 51.7. The first-order valence-corrected chi connectivity index (χ1v) is 17.1. The third kappa shape index (κ3) is 5.22. The minimum Gasteiger partial charge on any atom is -0.459 e. The number of fused-ring (bicyclic) bond motifs is 8. The maximum Gasteiger partial charge on any atom is 0.314 e. The summed E-state index contributed by atoms with van der Waals surface area (Å²) < 4.78 is 38.5. The highest BCUT2D eigenvalue weighted by atomic mass is 16.8. The highest BCUT2D eigenvalue weighted by molar-refractivity contribution is 5.79. The summed E-state index contributed by atoms with van der Waals surface area (Å²) in [5.74, 6) is -3.95. The number of nitrogens with one attached hydrogen (secondary N) is 1. The summed E-state index contributed by atoms with van der Waals surface area (Å²) >= 11 is 0. The van der Waals surface area contributed by atoms with Crippen LogP contribution in [0.1, 0.15) is 103 Å². The normalized spacial score (nSPS) is 41.6. The van der Waals surface area contributed by atoms with Gasteiger partial charge < -0.3 is 38.8 Å². The zero-order valence-corrected chi connectivity index (χ0v) is 30.8. The standard InChI is InChI=1S/C36H55NO11/c1-17-14-24-35(16-43-24,46-22(6)40)27-29(44-21(5)39)36(42)15-23(45-30(41)31(7,8)19(3)37-20(4)38)18(2)25(32(36,9)10)26-28(34(17,27)13)48-33(11,12)47-26/h17,19,23-24,26-29,42H,14-16H2,1-13H3,(H,37,38).